The second-order valence-electron chi connectivity index (χ2n) is 8.41. The maximum atomic E-state index is 14.7. The van der Waals surface area contributed by atoms with E-state index in [9.17, 15) is 14.6 Å². The first kappa shape index (κ1) is 24.1. The van der Waals surface area contributed by atoms with Gasteiger partial charge in [-0.05, 0) is 31.0 Å². The fourth-order valence-electron chi connectivity index (χ4n) is 4.24. The summed E-state index contributed by atoms with van der Waals surface area (Å²) in [5.41, 5.74) is 1.21. The molecule has 0 unspecified atom stereocenters. The van der Waals surface area contributed by atoms with Crippen molar-refractivity contribution in [2.75, 3.05) is 26.1 Å². The first-order chi connectivity index (χ1) is 17.0. The molecule has 1 fully saturated rings. The van der Waals surface area contributed by atoms with E-state index < -0.39 is 24.1 Å². The number of hydrogen-bond donors (Lipinski definition) is 3. The van der Waals surface area contributed by atoms with E-state index in [1.54, 1.807) is 11.8 Å². The van der Waals surface area contributed by atoms with Crippen molar-refractivity contribution < 1.29 is 28.8 Å². The van der Waals surface area contributed by atoms with Gasteiger partial charge in [-0.15, -0.1) is 16.9 Å². The molecule has 35 heavy (non-hydrogen) atoms. The van der Waals surface area contributed by atoms with Crippen molar-refractivity contribution in [2.24, 2.45) is 0 Å². The molecule has 0 aliphatic carbocycles. The number of halogens is 1. The van der Waals surface area contributed by atoms with Crippen molar-refractivity contribution in [1.82, 2.24) is 25.5 Å². The molecule has 2 aromatic heterocycles. The summed E-state index contributed by atoms with van der Waals surface area (Å²) in [7, 11) is 1.42. The van der Waals surface area contributed by atoms with Crippen LogP contribution in [-0.2, 0) is 11.3 Å². The Balaban J connectivity index is 1.20. The SMILES string of the molecule is COc1cnc2ccc(F)c([C@@H](O)[C@H](O)[C@@H]3CC[C@@H](NCc4cc5c(nn4)OCCS5)CO3)c2n1. The van der Waals surface area contributed by atoms with Gasteiger partial charge < -0.3 is 29.7 Å². The van der Waals surface area contributed by atoms with Crippen molar-refractivity contribution in [3.63, 3.8) is 0 Å². The predicted octanol–water partition coefficient (Wildman–Crippen LogP) is 1.78. The van der Waals surface area contributed by atoms with Crippen LogP contribution < -0.4 is 14.8 Å². The highest BCUT2D eigenvalue weighted by atomic mass is 32.2. The predicted molar refractivity (Wildman–Crippen MR) is 125 cm³/mol. The number of hydrogen-bond acceptors (Lipinski definition) is 11. The van der Waals surface area contributed by atoms with Crippen LogP contribution in [0.2, 0.25) is 0 Å². The molecule has 0 amide bonds. The lowest BCUT2D eigenvalue weighted by Gasteiger charge is -2.34. The van der Waals surface area contributed by atoms with Crippen molar-refractivity contribution in [2.45, 2.75) is 48.6 Å². The second kappa shape index (κ2) is 10.5. The number of aliphatic hydroxyl groups excluding tert-OH is 2. The Morgan fingerprint density at radius 2 is 2.17 bits per heavy atom. The number of nitrogens with zero attached hydrogens (tertiary/aromatic N) is 4. The number of aromatic nitrogens is 4. The van der Waals surface area contributed by atoms with Gasteiger partial charge in [0.2, 0.25) is 11.8 Å². The fourth-order valence-corrected chi connectivity index (χ4v) is 5.07. The largest absolute Gasteiger partial charge is 0.480 e. The molecule has 4 atom stereocenters. The molecule has 2 aliphatic heterocycles. The smallest absolute Gasteiger partial charge is 0.247 e. The Bertz CT molecular complexity index is 1200. The summed E-state index contributed by atoms with van der Waals surface area (Å²) in [4.78, 5) is 9.40. The molecular weight excluding hydrogens is 477 g/mol. The quantitative estimate of drug-likeness (QED) is 0.436. The van der Waals surface area contributed by atoms with E-state index in [1.807, 2.05) is 6.07 Å². The molecular formula is C23H26FN5O5S. The van der Waals surface area contributed by atoms with Crippen LogP contribution in [-0.4, -0.2) is 74.7 Å². The van der Waals surface area contributed by atoms with E-state index in [1.165, 1.54) is 25.4 Å². The van der Waals surface area contributed by atoms with Gasteiger partial charge in [0, 0.05) is 23.9 Å². The third kappa shape index (κ3) is 5.16. The standard InChI is InChI=1S/C23H26FN5O5S/c1-32-18-10-26-15-4-3-14(24)19(20(15)27-18)22(31)21(30)16-5-2-12(11-34-16)25-9-13-8-17-23(29-28-13)33-6-7-35-17/h3-4,8,10,12,16,21-22,25,30-31H,2,5-7,9,11H2,1H3/t12-,16+,21-,22-/m1/s1. The average molecular weight is 504 g/mol. The zero-order chi connectivity index (χ0) is 24.4. The van der Waals surface area contributed by atoms with Crippen LogP contribution in [0.1, 0.15) is 30.2 Å². The average Bonchev–Trinajstić information content (AvgIpc) is 2.91. The molecule has 0 bridgehead atoms. The summed E-state index contributed by atoms with van der Waals surface area (Å²) in [5, 5.41) is 33.4. The monoisotopic (exact) mass is 503 g/mol. The lowest BCUT2D eigenvalue weighted by Crippen LogP contribution is -2.45. The van der Waals surface area contributed by atoms with E-state index in [0.29, 0.717) is 44.0 Å². The van der Waals surface area contributed by atoms with E-state index >= 15 is 0 Å². The number of aliphatic hydroxyl groups is 2. The molecule has 2 aliphatic rings. The van der Waals surface area contributed by atoms with E-state index in [0.717, 1.165) is 16.3 Å². The molecule has 1 aromatic carbocycles. The second-order valence-corrected chi connectivity index (χ2v) is 9.54. The summed E-state index contributed by atoms with van der Waals surface area (Å²) >= 11 is 1.70. The van der Waals surface area contributed by atoms with Gasteiger partial charge in [0.05, 0.1) is 48.7 Å². The van der Waals surface area contributed by atoms with Gasteiger partial charge in [-0.2, -0.15) is 5.10 Å². The van der Waals surface area contributed by atoms with Crippen molar-refractivity contribution >= 4 is 22.8 Å². The molecule has 0 radical (unpaired) electrons. The van der Waals surface area contributed by atoms with Gasteiger partial charge in [0.25, 0.3) is 0 Å². The Morgan fingerprint density at radius 3 is 2.97 bits per heavy atom. The van der Waals surface area contributed by atoms with E-state index in [2.05, 4.69) is 25.5 Å². The Labute approximate surface area is 205 Å². The van der Waals surface area contributed by atoms with Gasteiger partial charge >= 0.3 is 0 Å². The van der Waals surface area contributed by atoms with Gasteiger partial charge in [0.15, 0.2) is 0 Å². The fraction of sp³-hybridized carbons (Fsp3) is 0.478. The molecule has 12 heteroatoms. The summed E-state index contributed by atoms with van der Waals surface area (Å²) in [6.45, 7) is 1.49. The first-order valence-corrected chi connectivity index (χ1v) is 12.3. The molecule has 3 aromatic rings. The molecule has 1 saturated heterocycles. The van der Waals surface area contributed by atoms with Gasteiger partial charge in [0.1, 0.15) is 23.5 Å². The van der Waals surface area contributed by atoms with Gasteiger partial charge in [-0.1, -0.05) is 0 Å². The number of ether oxygens (including phenoxy) is 3. The summed E-state index contributed by atoms with van der Waals surface area (Å²) < 4.78 is 31.1. The maximum Gasteiger partial charge on any atom is 0.247 e. The maximum absolute atomic E-state index is 14.7. The Hall–Kier alpha value is -2.64. The van der Waals surface area contributed by atoms with Crippen LogP contribution in [0.5, 0.6) is 11.8 Å². The molecule has 0 spiro atoms. The summed E-state index contributed by atoms with van der Waals surface area (Å²) in [5.74, 6) is 0.967. The third-order valence-electron chi connectivity index (χ3n) is 6.13. The minimum Gasteiger partial charge on any atom is -0.480 e. The molecule has 186 valence electrons. The van der Waals surface area contributed by atoms with Crippen molar-refractivity contribution in [3.8, 4) is 11.8 Å². The number of nitrogens with one attached hydrogen (secondary N) is 1. The number of benzene rings is 1. The van der Waals surface area contributed by atoms with Crippen molar-refractivity contribution in [1.29, 1.82) is 0 Å². The minimum absolute atomic E-state index is 0.0433. The van der Waals surface area contributed by atoms with Crippen LogP contribution in [0, 0.1) is 5.82 Å². The molecule has 10 nitrogen and oxygen atoms in total. The van der Waals surface area contributed by atoms with Crippen LogP contribution in [0.4, 0.5) is 4.39 Å². The van der Waals surface area contributed by atoms with E-state index in [4.69, 9.17) is 14.2 Å². The van der Waals surface area contributed by atoms with Gasteiger partial charge in [-0.25, -0.2) is 14.4 Å². The zero-order valence-corrected chi connectivity index (χ0v) is 19.9. The highest BCUT2D eigenvalue weighted by Gasteiger charge is 2.35. The number of methoxy groups -OCH3 is 1. The van der Waals surface area contributed by atoms with E-state index in [-0.39, 0.29) is 23.0 Å². The number of thioether (sulfide) groups is 1. The Morgan fingerprint density at radius 1 is 1.29 bits per heavy atom. The summed E-state index contributed by atoms with van der Waals surface area (Å²) in [6, 6.07) is 4.68. The molecule has 3 N–H and O–H groups in total. The molecule has 0 saturated carbocycles. The molecule has 4 heterocycles. The number of rotatable bonds is 7. The highest BCUT2D eigenvalue weighted by molar-refractivity contribution is 7.99. The first-order valence-electron chi connectivity index (χ1n) is 11.4. The minimum atomic E-state index is -1.54. The Kier molecular flexibility index (Phi) is 7.25. The van der Waals surface area contributed by atoms with Crippen LogP contribution in [0.25, 0.3) is 11.0 Å². The lowest BCUT2D eigenvalue weighted by atomic mass is 9.93. The zero-order valence-electron chi connectivity index (χ0n) is 19.1. The summed E-state index contributed by atoms with van der Waals surface area (Å²) in [6.07, 6.45) is -0.944. The van der Waals surface area contributed by atoms with Crippen molar-refractivity contribution in [3.05, 3.63) is 41.5 Å². The lowest BCUT2D eigenvalue weighted by molar-refractivity contribution is -0.114. The topological polar surface area (TPSA) is 132 Å². The van der Waals surface area contributed by atoms with Crippen LogP contribution in [0.15, 0.2) is 29.3 Å². The normalized spacial score (nSPS) is 21.7. The highest BCUT2D eigenvalue weighted by Crippen LogP contribution is 2.33. The van der Waals surface area contributed by atoms with Crippen LogP contribution in [0.3, 0.4) is 0 Å². The van der Waals surface area contributed by atoms with Crippen LogP contribution >= 0.6 is 11.8 Å². The third-order valence-corrected chi connectivity index (χ3v) is 7.10. The number of fused-ring (bicyclic) bond motifs is 2. The van der Waals surface area contributed by atoms with Gasteiger partial charge in [-0.3, -0.25) is 0 Å². The molecule has 5 rings (SSSR count).